The molecular weight excluding hydrogens is 436 g/mol. The van der Waals surface area contributed by atoms with Crippen molar-refractivity contribution in [3.05, 3.63) is 71.3 Å². The van der Waals surface area contributed by atoms with Crippen LogP contribution in [0.3, 0.4) is 0 Å². The van der Waals surface area contributed by atoms with E-state index in [4.69, 9.17) is 14.6 Å². The number of fused-ring (bicyclic) bond motifs is 3. The molecule has 3 N–H and O–H groups in total. The Labute approximate surface area is 198 Å². The highest BCUT2D eigenvalue weighted by molar-refractivity contribution is 5.92. The lowest BCUT2D eigenvalue weighted by Crippen LogP contribution is -2.36. The van der Waals surface area contributed by atoms with Crippen LogP contribution < -0.4 is 10.6 Å². The first kappa shape index (κ1) is 23.5. The molecule has 0 spiro atoms. The number of carboxylic acid groups (broad SMARTS) is 1. The average molecular weight is 465 g/mol. The summed E-state index contributed by atoms with van der Waals surface area (Å²) in [6.07, 6.45) is 0.735. The predicted octanol–water partition coefficient (Wildman–Crippen LogP) is 3.08. The summed E-state index contributed by atoms with van der Waals surface area (Å²) in [6, 6.07) is 16.2. The van der Waals surface area contributed by atoms with E-state index < -0.39 is 18.2 Å². The number of rotatable bonds is 8. The molecule has 2 unspecified atom stereocenters. The number of hydrogen-bond donors (Lipinski definition) is 3. The molecule has 2 amide bonds. The van der Waals surface area contributed by atoms with E-state index in [0.717, 1.165) is 22.3 Å². The van der Waals surface area contributed by atoms with Gasteiger partial charge in [0.25, 0.3) is 0 Å². The largest absolute Gasteiger partial charge is 0.479 e. The fourth-order valence-electron chi connectivity index (χ4n) is 4.51. The lowest BCUT2D eigenvalue weighted by atomic mass is 9.98. The molecule has 2 aromatic carbocycles. The van der Waals surface area contributed by atoms with Crippen molar-refractivity contribution in [2.45, 2.75) is 25.4 Å². The minimum Gasteiger partial charge on any atom is -0.479 e. The van der Waals surface area contributed by atoms with Gasteiger partial charge in [-0.05, 0) is 35.6 Å². The van der Waals surface area contributed by atoms with Crippen LogP contribution in [0.4, 0.5) is 4.79 Å². The van der Waals surface area contributed by atoms with Crippen LogP contribution in [0.5, 0.6) is 0 Å². The standard InChI is InChI=1S/C26H28N2O6/c1-16(24(29)28-14-17-11-13-33-23(17)25(30)31)10-12-27-26(32)34-15-22-20-8-4-2-6-18(20)19-7-3-5-9-21(19)22/h2-10,17,22-23H,11-15H2,1H3,(H,27,32)(H,28,29)(H,30,31)/b16-10+. The molecule has 8 heteroatoms. The van der Waals surface area contributed by atoms with Gasteiger partial charge in [-0.25, -0.2) is 9.59 Å². The summed E-state index contributed by atoms with van der Waals surface area (Å²) in [5.74, 6) is -1.61. The van der Waals surface area contributed by atoms with E-state index in [-0.39, 0.29) is 37.4 Å². The van der Waals surface area contributed by atoms with Gasteiger partial charge in [0.05, 0.1) is 0 Å². The summed E-state index contributed by atoms with van der Waals surface area (Å²) in [7, 11) is 0. The van der Waals surface area contributed by atoms with Crippen molar-refractivity contribution < 1.29 is 29.0 Å². The molecule has 8 nitrogen and oxygen atoms in total. The van der Waals surface area contributed by atoms with E-state index >= 15 is 0 Å². The van der Waals surface area contributed by atoms with Crippen molar-refractivity contribution in [2.24, 2.45) is 5.92 Å². The number of amides is 2. The highest BCUT2D eigenvalue weighted by Crippen LogP contribution is 2.44. The molecule has 1 aliphatic heterocycles. The van der Waals surface area contributed by atoms with E-state index in [1.165, 1.54) is 0 Å². The highest BCUT2D eigenvalue weighted by Gasteiger charge is 2.34. The first-order chi connectivity index (χ1) is 16.5. The minimum absolute atomic E-state index is 0.0181. The molecule has 178 valence electrons. The molecule has 0 radical (unpaired) electrons. The molecule has 1 saturated heterocycles. The fraction of sp³-hybridized carbons (Fsp3) is 0.346. The molecule has 1 fully saturated rings. The third kappa shape index (κ3) is 5.12. The molecule has 0 aromatic heterocycles. The van der Waals surface area contributed by atoms with Crippen molar-refractivity contribution >= 4 is 18.0 Å². The Kier molecular flexibility index (Phi) is 7.27. The Morgan fingerprint density at radius 2 is 1.71 bits per heavy atom. The summed E-state index contributed by atoms with van der Waals surface area (Å²) in [4.78, 5) is 35.7. The zero-order chi connectivity index (χ0) is 24.1. The van der Waals surface area contributed by atoms with Crippen molar-refractivity contribution in [1.82, 2.24) is 10.6 Å². The molecule has 4 rings (SSSR count). The normalized spacial score (nSPS) is 19.3. The topological polar surface area (TPSA) is 114 Å². The third-order valence-electron chi connectivity index (χ3n) is 6.34. The Morgan fingerprint density at radius 1 is 1.06 bits per heavy atom. The molecule has 2 atom stereocenters. The number of benzene rings is 2. The van der Waals surface area contributed by atoms with Gasteiger partial charge < -0.3 is 25.2 Å². The molecule has 0 bridgehead atoms. The zero-order valence-corrected chi connectivity index (χ0v) is 19.0. The molecule has 34 heavy (non-hydrogen) atoms. The maximum atomic E-state index is 12.3. The van der Waals surface area contributed by atoms with Crippen LogP contribution in [0.1, 0.15) is 30.4 Å². The van der Waals surface area contributed by atoms with Crippen molar-refractivity contribution in [3.8, 4) is 11.1 Å². The first-order valence-electron chi connectivity index (χ1n) is 11.3. The van der Waals surface area contributed by atoms with Gasteiger partial charge in [0.2, 0.25) is 5.91 Å². The number of carboxylic acids is 1. The molecular formula is C26H28N2O6. The van der Waals surface area contributed by atoms with Gasteiger partial charge in [-0.3, -0.25) is 4.79 Å². The maximum Gasteiger partial charge on any atom is 0.407 e. The van der Waals surface area contributed by atoms with E-state index in [9.17, 15) is 14.4 Å². The quantitative estimate of drug-likeness (QED) is 0.518. The number of ether oxygens (including phenoxy) is 2. The number of alkyl carbamates (subject to hydrolysis) is 1. The van der Waals surface area contributed by atoms with Gasteiger partial charge in [-0.1, -0.05) is 54.6 Å². The fourth-order valence-corrected chi connectivity index (χ4v) is 4.51. The molecule has 1 aliphatic carbocycles. The van der Waals surface area contributed by atoms with Crippen LogP contribution >= 0.6 is 0 Å². The number of carbonyl (C=O) groups is 3. The second-order valence-corrected chi connectivity index (χ2v) is 8.48. The highest BCUT2D eigenvalue weighted by atomic mass is 16.5. The van der Waals surface area contributed by atoms with E-state index in [2.05, 4.69) is 34.9 Å². The van der Waals surface area contributed by atoms with E-state index in [1.807, 2.05) is 24.3 Å². The van der Waals surface area contributed by atoms with Crippen LogP contribution in [-0.2, 0) is 19.1 Å². The van der Waals surface area contributed by atoms with E-state index in [1.54, 1.807) is 13.0 Å². The second-order valence-electron chi connectivity index (χ2n) is 8.48. The molecule has 0 saturated carbocycles. The van der Waals surface area contributed by atoms with Crippen LogP contribution in [0, 0.1) is 5.92 Å². The lowest BCUT2D eigenvalue weighted by molar-refractivity contribution is -0.149. The number of nitrogens with one attached hydrogen (secondary N) is 2. The van der Waals surface area contributed by atoms with Crippen LogP contribution in [0.25, 0.3) is 11.1 Å². The molecule has 2 aliphatic rings. The van der Waals surface area contributed by atoms with Crippen molar-refractivity contribution in [1.29, 1.82) is 0 Å². The Morgan fingerprint density at radius 3 is 2.35 bits per heavy atom. The van der Waals surface area contributed by atoms with Crippen LogP contribution in [-0.4, -0.2) is 55.5 Å². The summed E-state index contributed by atoms with van der Waals surface area (Å²) in [5, 5.41) is 14.5. The summed E-state index contributed by atoms with van der Waals surface area (Å²) in [6.45, 7) is 2.59. The van der Waals surface area contributed by atoms with E-state index in [0.29, 0.717) is 18.6 Å². The summed E-state index contributed by atoms with van der Waals surface area (Å²) in [5.41, 5.74) is 5.03. The predicted molar refractivity (Wildman–Crippen MR) is 125 cm³/mol. The van der Waals surface area contributed by atoms with Gasteiger partial charge in [-0.2, -0.15) is 0 Å². The van der Waals surface area contributed by atoms with Gasteiger partial charge in [0, 0.05) is 37.1 Å². The van der Waals surface area contributed by atoms with Crippen LogP contribution in [0.15, 0.2) is 60.2 Å². The lowest BCUT2D eigenvalue weighted by Gasteiger charge is -2.15. The third-order valence-corrected chi connectivity index (χ3v) is 6.34. The maximum absolute atomic E-state index is 12.3. The monoisotopic (exact) mass is 464 g/mol. The van der Waals surface area contributed by atoms with Crippen molar-refractivity contribution in [2.75, 3.05) is 26.3 Å². The van der Waals surface area contributed by atoms with Gasteiger partial charge in [0.15, 0.2) is 6.10 Å². The number of carbonyl (C=O) groups excluding carboxylic acids is 2. The second kappa shape index (κ2) is 10.5. The van der Waals surface area contributed by atoms with Crippen LogP contribution in [0.2, 0.25) is 0 Å². The molecule has 2 aromatic rings. The summed E-state index contributed by atoms with van der Waals surface area (Å²) >= 11 is 0. The van der Waals surface area contributed by atoms with Gasteiger partial charge >= 0.3 is 12.1 Å². The summed E-state index contributed by atoms with van der Waals surface area (Å²) < 4.78 is 10.7. The van der Waals surface area contributed by atoms with Crippen molar-refractivity contribution in [3.63, 3.8) is 0 Å². The van der Waals surface area contributed by atoms with Gasteiger partial charge in [0.1, 0.15) is 6.61 Å². The number of aliphatic carboxylic acids is 1. The average Bonchev–Trinajstić information content (AvgIpc) is 3.44. The number of hydrogen-bond acceptors (Lipinski definition) is 5. The Bertz CT molecular complexity index is 1070. The SMILES string of the molecule is C/C(=C\CNC(=O)OCC1c2ccccc2-c2ccccc21)C(=O)NCC1CCOC1C(=O)O. The Balaban J connectivity index is 1.24. The smallest absolute Gasteiger partial charge is 0.407 e. The van der Waals surface area contributed by atoms with Gasteiger partial charge in [-0.15, -0.1) is 0 Å². The Hall–Kier alpha value is -3.65. The first-order valence-corrected chi connectivity index (χ1v) is 11.3. The zero-order valence-electron chi connectivity index (χ0n) is 19.0. The minimum atomic E-state index is -1.02. The molecule has 1 heterocycles.